The summed E-state index contributed by atoms with van der Waals surface area (Å²) >= 11 is 0. The van der Waals surface area contributed by atoms with Gasteiger partial charge in [0.05, 0.1) is 38.3 Å². The van der Waals surface area contributed by atoms with Crippen molar-refractivity contribution in [1.29, 1.82) is 0 Å². The Bertz CT molecular complexity index is 438. The third-order valence-corrected chi connectivity index (χ3v) is 3.00. The van der Waals surface area contributed by atoms with E-state index < -0.39 is 0 Å². The Morgan fingerprint density at radius 3 is 2.00 bits per heavy atom. The molecule has 5 N–H and O–H groups in total. The van der Waals surface area contributed by atoms with E-state index in [1.165, 1.54) is 0 Å². The minimum Gasteiger partial charge on any atom is -0.472 e. The van der Waals surface area contributed by atoms with E-state index in [4.69, 9.17) is 24.8 Å². The van der Waals surface area contributed by atoms with Gasteiger partial charge in [0.2, 0.25) is 0 Å². The van der Waals surface area contributed by atoms with Gasteiger partial charge in [-0.25, -0.2) is 0 Å². The number of hydrogen-bond acceptors (Lipinski definition) is 6. The van der Waals surface area contributed by atoms with Gasteiger partial charge in [0, 0.05) is 12.1 Å². The SMILES string of the molecule is CN[C@@H](CO)Cc1ccoc1.N[C@@H](CO)Cc1ccoc1. The van der Waals surface area contributed by atoms with Crippen LogP contribution in [0.15, 0.2) is 46.0 Å². The fraction of sp³-hybridized carbons (Fsp3) is 0.467. The van der Waals surface area contributed by atoms with Gasteiger partial charge in [-0.2, -0.15) is 0 Å². The zero-order valence-corrected chi connectivity index (χ0v) is 12.2. The molecule has 2 heterocycles. The molecule has 6 heteroatoms. The lowest BCUT2D eigenvalue weighted by atomic mass is 10.1. The first kappa shape index (κ1) is 17.5. The first-order valence-corrected chi connectivity index (χ1v) is 6.86. The van der Waals surface area contributed by atoms with E-state index >= 15 is 0 Å². The summed E-state index contributed by atoms with van der Waals surface area (Å²) in [6, 6.07) is 3.71. The number of rotatable bonds is 7. The highest BCUT2D eigenvalue weighted by Crippen LogP contribution is 2.03. The molecule has 21 heavy (non-hydrogen) atoms. The first-order valence-electron chi connectivity index (χ1n) is 6.86. The summed E-state index contributed by atoms with van der Waals surface area (Å²) in [7, 11) is 1.83. The zero-order valence-electron chi connectivity index (χ0n) is 12.2. The number of likely N-dealkylation sites (N-methyl/N-ethyl adjacent to an activating group) is 1. The molecular formula is C15H24N2O4. The average Bonchev–Trinajstić information content (AvgIpc) is 3.18. The lowest BCUT2D eigenvalue weighted by Gasteiger charge is -2.10. The molecule has 0 aliphatic heterocycles. The number of nitrogens with two attached hydrogens (primary N) is 1. The summed E-state index contributed by atoms with van der Waals surface area (Å²) in [6.45, 7) is 0.173. The van der Waals surface area contributed by atoms with Crippen LogP contribution < -0.4 is 11.1 Å². The fourth-order valence-corrected chi connectivity index (χ4v) is 1.73. The van der Waals surface area contributed by atoms with Gasteiger partial charge in [0.25, 0.3) is 0 Å². The maximum absolute atomic E-state index is 8.83. The quantitative estimate of drug-likeness (QED) is 0.594. The van der Waals surface area contributed by atoms with E-state index in [9.17, 15) is 0 Å². The minimum absolute atomic E-state index is 0.0190. The molecule has 0 bridgehead atoms. The lowest BCUT2D eigenvalue weighted by Crippen LogP contribution is -2.30. The van der Waals surface area contributed by atoms with Crippen LogP contribution in [0.5, 0.6) is 0 Å². The van der Waals surface area contributed by atoms with E-state index in [-0.39, 0.29) is 25.3 Å². The summed E-state index contributed by atoms with van der Waals surface area (Å²) in [5.74, 6) is 0. The van der Waals surface area contributed by atoms with Gasteiger partial charge in [0.1, 0.15) is 0 Å². The fourth-order valence-electron chi connectivity index (χ4n) is 1.73. The number of aliphatic hydroxyl groups excluding tert-OH is 2. The summed E-state index contributed by atoms with van der Waals surface area (Å²) in [5, 5.41) is 20.4. The van der Waals surface area contributed by atoms with Crippen molar-refractivity contribution in [3.05, 3.63) is 48.3 Å². The Morgan fingerprint density at radius 2 is 1.62 bits per heavy atom. The van der Waals surface area contributed by atoms with Crippen LogP contribution in [0.3, 0.4) is 0 Å². The van der Waals surface area contributed by atoms with Gasteiger partial charge in [-0.05, 0) is 43.1 Å². The number of hydrogen-bond donors (Lipinski definition) is 4. The molecule has 2 atom stereocenters. The minimum atomic E-state index is -0.169. The molecule has 0 saturated heterocycles. The van der Waals surface area contributed by atoms with Crippen molar-refractivity contribution in [2.24, 2.45) is 5.73 Å². The van der Waals surface area contributed by atoms with Crippen LogP contribution in [-0.2, 0) is 12.8 Å². The molecule has 6 nitrogen and oxygen atoms in total. The summed E-state index contributed by atoms with van der Waals surface area (Å²) in [4.78, 5) is 0. The smallest absolute Gasteiger partial charge is 0.0935 e. The van der Waals surface area contributed by atoms with Gasteiger partial charge in [0.15, 0.2) is 0 Å². The van der Waals surface area contributed by atoms with Gasteiger partial charge in [-0.1, -0.05) is 0 Å². The normalized spacial score (nSPS) is 13.3. The molecule has 0 aromatic carbocycles. The standard InChI is InChI=1S/C8H13NO2.C7H11NO2/c1-9-8(5-10)4-7-2-3-11-6-7;8-7(4-9)3-6-1-2-10-5-6/h2-3,6,8-10H,4-5H2,1H3;1-2,5,7,9H,3-4,8H2/t8-;7-/m11/s1. The van der Waals surface area contributed by atoms with Gasteiger partial charge in [-0.3, -0.25) is 0 Å². The Kier molecular flexibility index (Phi) is 8.45. The maximum Gasteiger partial charge on any atom is 0.0935 e. The largest absolute Gasteiger partial charge is 0.472 e. The molecule has 0 fully saturated rings. The zero-order chi connectivity index (χ0) is 15.5. The van der Waals surface area contributed by atoms with Crippen LogP contribution >= 0.6 is 0 Å². The molecule has 2 rings (SSSR count). The van der Waals surface area contributed by atoms with Crippen molar-refractivity contribution in [2.75, 3.05) is 20.3 Å². The third kappa shape index (κ3) is 7.10. The predicted molar refractivity (Wildman–Crippen MR) is 79.8 cm³/mol. The molecule has 2 aromatic heterocycles. The Labute approximate surface area is 124 Å². The third-order valence-electron chi connectivity index (χ3n) is 3.00. The number of nitrogens with one attached hydrogen (secondary N) is 1. The van der Waals surface area contributed by atoms with Crippen molar-refractivity contribution in [3.63, 3.8) is 0 Å². The van der Waals surface area contributed by atoms with Crippen molar-refractivity contribution < 1.29 is 19.0 Å². The highest BCUT2D eigenvalue weighted by Gasteiger charge is 2.05. The van der Waals surface area contributed by atoms with E-state index in [1.807, 2.05) is 19.2 Å². The molecule has 0 radical (unpaired) electrons. The van der Waals surface area contributed by atoms with Gasteiger partial charge in [-0.15, -0.1) is 0 Å². The summed E-state index contributed by atoms with van der Waals surface area (Å²) in [5.41, 5.74) is 7.61. The second kappa shape index (κ2) is 10.2. The number of aliphatic hydroxyl groups is 2. The molecule has 0 amide bonds. The highest BCUT2D eigenvalue weighted by atomic mass is 16.3. The van der Waals surface area contributed by atoms with Crippen LogP contribution in [-0.4, -0.2) is 42.6 Å². The maximum atomic E-state index is 8.83. The average molecular weight is 296 g/mol. The van der Waals surface area contributed by atoms with E-state index in [1.54, 1.807) is 25.1 Å². The van der Waals surface area contributed by atoms with Crippen molar-refractivity contribution in [3.8, 4) is 0 Å². The summed E-state index contributed by atoms with van der Waals surface area (Å²) in [6.07, 6.45) is 8.05. The Balaban J connectivity index is 0.000000211. The van der Waals surface area contributed by atoms with E-state index in [0.717, 1.165) is 17.5 Å². The summed E-state index contributed by atoms with van der Waals surface area (Å²) < 4.78 is 9.72. The van der Waals surface area contributed by atoms with Crippen LogP contribution in [0.25, 0.3) is 0 Å². The van der Waals surface area contributed by atoms with Crippen LogP contribution in [0.2, 0.25) is 0 Å². The first-order chi connectivity index (χ1) is 10.2. The van der Waals surface area contributed by atoms with Crippen molar-refractivity contribution >= 4 is 0 Å². The predicted octanol–water partition coefficient (Wildman–Crippen LogP) is 0.544. The molecule has 118 valence electrons. The van der Waals surface area contributed by atoms with Crippen molar-refractivity contribution in [1.82, 2.24) is 5.32 Å². The topological polar surface area (TPSA) is 105 Å². The molecule has 0 spiro atoms. The van der Waals surface area contributed by atoms with Crippen LogP contribution in [0.1, 0.15) is 11.1 Å². The van der Waals surface area contributed by atoms with E-state index in [2.05, 4.69) is 5.32 Å². The van der Waals surface area contributed by atoms with Crippen LogP contribution in [0, 0.1) is 0 Å². The number of furan rings is 2. The Morgan fingerprint density at radius 1 is 1.05 bits per heavy atom. The van der Waals surface area contributed by atoms with Crippen molar-refractivity contribution in [2.45, 2.75) is 24.9 Å². The molecule has 0 aliphatic rings. The van der Waals surface area contributed by atoms with Gasteiger partial charge < -0.3 is 30.1 Å². The lowest BCUT2D eigenvalue weighted by molar-refractivity contribution is 0.248. The highest BCUT2D eigenvalue weighted by molar-refractivity contribution is 5.07. The Hall–Kier alpha value is -1.60. The molecule has 0 saturated carbocycles. The van der Waals surface area contributed by atoms with E-state index in [0.29, 0.717) is 6.42 Å². The molecule has 0 aliphatic carbocycles. The monoisotopic (exact) mass is 296 g/mol. The molecular weight excluding hydrogens is 272 g/mol. The van der Waals surface area contributed by atoms with Gasteiger partial charge >= 0.3 is 0 Å². The second-order valence-electron chi connectivity index (χ2n) is 4.78. The molecule has 0 unspecified atom stereocenters. The molecule has 2 aromatic rings. The second-order valence-corrected chi connectivity index (χ2v) is 4.78. The van der Waals surface area contributed by atoms with Crippen LogP contribution in [0.4, 0.5) is 0 Å².